The van der Waals surface area contributed by atoms with Crippen LogP contribution in [0.4, 0.5) is 0 Å². The highest BCUT2D eigenvalue weighted by Gasteiger charge is 1.95. The molecule has 2 heteroatoms. The first-order chi connectivity index (χ1) is 7.13. The first-order valence-corrected chi connectivity index (χ1v) is 4.39. The van der Waals surface area contributed by atoms with Crippen LogP contribution in [0, 0.1) is 11.3 Å². The minimum absolute atomic E-state index is 0.219. The van der Waals surface area contributed by atoms with Gasteiger partial charge in [0, 0.05) is 5.57 Å². The van der Waals surface area contributed by atoms with Gasteiger partial charge < -0.3 is 5.11 Å². The van der Waals surface area contributed by atoms with Crippen molar-refractivity contribution in [3.63, 3.8) is 0 Å². The molecule has 0 atom stereocenters. The molecule has 0 heterocycles. The Morgan fingerprint density at radius 1 is 1.20 bits per heavy atom. The van der Waals surface area contributed by atoms with Crippen LogP contribution in [-0.4, -0.2) is 5.11 Å². The van der Waals surface area contributed by atoms with Crippen LogP contribution in [0.1, 0.15) is 5.56 Å². The number of allylic oxidation sites excluding steroid dienone is 4. The molecule has 0 amide bonds. The molecule has 0 saturated carbocycles. The zero-order valence-electron chi connectivity index (χ0n) is 8.27. The van der Waals surface area contributed by atoms with Crippen molar-refractivity contribution in [1.29, 1.82) is 5.26 Å². The van der Waals surface area contributed by atoms with Crippen molar-refractivity contribution in [2.24, 2.45) is 0 Å². The molecule has 0 unspecified atom stereocenters. The van der Waals surface area contributed by atoms with Crippen LogP contribution in [0.2, 0.25) is 0 Å². The molecule has 1 aromatic carbocycles. The second kappa shape index (κ2) is 4.83. The smallest absolute Gasteiger partial charge is 0.115 e. The summed E-state index contributed by atoms with van der Waals surface area (Å²) in [5.74, 6) is 0.219. The maximum Gasteiger partial charge on any atom is 0.115 e. The average molecular weight is 197 g/mol. The molecule has 0 saturated heterocycles. The van der Waals surface area contributed by atoms with Crippen molar-refractivity contribution in [3.8, 4) is 11.8 Å². The molecule has 74 valence electrons. The molecule has 0 aromatic heterocycles. The number of aromatic hydroxyl groups is 1. The fraction of sp³-hybridized carbons (Fsp3) is 0. The van der Waals surface area contributed by atoms with E-state index in [0.717, 1.165) is 11.1 Å². The fourth-order valence-electron chi connectivity index (χ4n) is 1.01. The topological polar surface area (TPSA) is 44.0 Å². The summed E-state index contributed by atoms with van der Waals surface area (Å²) in [6, 6.07) is 8.62. The number of phenolic OH excluding ortho intramolecular Hbond substituents is 1. The molecule has 0 bridgehead atoms. The zero-order chi connectivity index (χ0) is 11.3. The highest BCUT2D eigenvalue weighted by molar-refractivity contribution is 5.73. The quantitative estimate of drug-likeness (QED) is 0.597. The van der Waals surface area contributed by atoms with Crippen molar-refractivity contribution in [3.05, 3.63) is 60.7 Å². The van der Waals surface area contributed by atoms with E-state index in [1.54, 1.807) is 36.4 Å². The zero-order valence-corrected chi connectivity index (χ0v) is 8.27. The largest absolute Gasteiger partial charge is 0.508 e. The first-order valence-electron chi connectivity index (χ1n) is 4.39. The monoisotopic (exact) mass is 197 g/mol. The second-order valence-corrected chi connectivity index (χ2v) is 3.04. The van der Waals surface area contributed by atoms with Crippen molar-refractivity contribution < 1.29 is 5.11 Å². The summed E-state index contributed by atoms with van der Waals surface area (Å²) in [5, 5.41) is 17.6. The molecule has 0 aliphatic carbocycles. The molecular formula is C13H11NO. The van der Waals surface area contributed by atoms with Crippen LogP contribution in [0.15, 0.2) is 55.1 Å². The molecular weight excluding hydrogens is 186 g/mol. The van der Waals surface area contributed by atoms with Crippen LogP contribution >= 0.6 is 0 Å². The average Bonchev–Trinajstić information content (AvgIpc) is 2.26. The van der Waals surface area contributed by atoms with Crippen molar-refractivity contribution in [2.45, 2.75) is 0 Å². The molecule has 1 aromatic rings. The van der Waals surface area contributed by atoms with Crippen molar-refractivity contribution in [1.82, 2.24) is 0 Å². The number of hydrogen-bond acceptors (Lipinski definition) is 2. The van der Waals surface area contributed by atoms with Crippen LogP contribution in [0.5, 0.6) is 5.75 Å². The SMILES string of the molecule is C=C(C#N)/C=C\C(=C)c1ccc(O)cc1. The van der Waals surface area contributed by atoms with Crippen molar-refractivity contribution in [2.75, 3.05) is 0 Å². The normalized spacial score (nSPS) is 9.80. The molecule has 1 N–H and O–H groups in total. The van der Waals surface area contributed by atoms with Gasteiger partial charge in [0.1, 0.15) is 5.75 Å². The van der Waals surface area contributed by atoms with Gasteiger partial charge in [-0.25, -0.2) is 0 Å². The summed E-state index contributed by atoms with van der Waals surface area (Å²) in [4.78, 5) is 0. The predicted octanol–water partition coefficient (Wildman–Crippen LogP) is 3.04. The lowest BCUT2D eigenvalue weighted by atomic mass is 10.1. The Morgan fingerprint density at radius 2 is 1.80 bits per heavy atom. The van der Waals surface area contributed by atoms with E-state index in [4.69, 9.17) is 10.4 Å². The Kier molecular flexibility index (Phi) is 3.48. The minimum Gasteiger partial charge on any atom is -0.508 e. The summed E-state index contributed by atoms with van der Waals surface area (Å²) < 4.78 is 0. The molecule has 0 radical (unpaired) electrons. The van der Waals surface area contributed by atoms with Gasteiger partial charge in [-0.1, -0.05) is 31.4 Å². The summed E-state index contributed by atoms with van der Waals surface area (Å²) in [6.07, 6.45) is 3.33. The molecule has 2 nitrogen and oxygen atoms in total. The number of benzene rings is 1. The number of nitriles is 1. The maximum atomic E-state index is 9.09. The third-order valence-corrected chi connectivity index (χ3v) is 1.87. The Labute approximate surface area is 89.1 Å². The standard InChI is InChI=1S/C13H11NO/c1-10(9-14)3-4-11(2)12-5-7-13(15)8-6-12/h3-8,15H,1-2H2/b4-3-. The summed E-state index contributed by atoms with van der Waals surface area (Å²) in [7, 11) is 0. The lowest BCUT2D eigenvalue weighted by Crippen LogP contribution is -1.78. The van der Waals surface area contributed by atoms with Gasteiger partial charge in [0.25, 0.3) is 0 Å². The van der Waals surface area contributed by atoms with E-state index in [9.17, 15) is 0 Å². The van der Waals surface area contributed by atoms with E-state index in [1.165, 1.54) is 0 Å². The molecule has 1 rings (SSSR count). The maximum absolute atomic E-state index is 9.09. The van der Waals surface area contributed by atoms with Gasteiger partial charge in [-0.3, -0.25) is 0 Å². The molecule has 0 fully saturated rings. The summed E-state index contributed by atoms with van der Waals surface area (Å²) >= 11 is 0. The van der Waals surface area contributed by atoms with E-state index in [-0.39, 0.29) is 5.75 Å². The van der Waals surface area contributed by atoms with Gasteiger partial charge in [0.2, 0.25) is 0 Å². The van der Waals surface area contributed by atoms with E-state index in [0.29, 0.717) is 5.57 Å². The van der Waals surface area contributed by atoms with Gasteiger partial charge in [-0.2, -0.15) is 5.26 Å². The lowest BCUT2D eigenvalue weighted by Gasteiger charge is -1.99. The minimum atomic E-state index is 0.219. The fourth-order valence-corrected chi connectivity index (χ4v) is 1.01. The molecule has 0 spiro atoms. The Morgan fingerprint density at radius 3 is 2.33 bits per heavy atom. The lowest BCUT2D eigenvalue weighted by molar-refractivity contribution is 0.475. The first kappa shape index (κ1) is 10.8. The molecule has 15 heavy (non-hydrogen) atoms. The third-order valence-electron chi connectivity index (χ3n) is 1.87. The third kappa shape index (κ3) is 3.17. The summed E-state index contributed by atoms with van der Waals surface area (Å²) in [6.45, 7) is 7.37. The number of phenols is 1. The van der Waals surface area contributed by atoms with Crippen LogP contribution in [0.25, 0.3) is 5.57 Å². The van der Waals surface area contributed by atoms with E-state index in [2.05, 4.69) is 13.2 Å². The highest BCUT2D eigenvalue weighted by Crippen LogP contribution is 2.17. The van der Waals surface area contributed by atoms with Gasteiger partial charge in [-0.15, -0.1) is 0 Å². The van der Waals surface area contributed by atoms with Crippen molar-refractivity contribution >= 4 is 5.57 Å². The van der Waals surface area contributed by atoms with Gasteiger partial charge in [0.05, 0.1) is 6.07 Å². The van der Waals surface area contributed by atoms with Gasteiger partial charge in [-0.05, 0) is 29.3 Å². The van der Waals surface area contributed by atoms with Gasteiger partial charge in [0.15, 0.2) is 0 Å². The Balaban J connectivity index is 2.79. The summed E-state index contributed by atoms with van der Waals surface area (Å²) in [5.41, 5.74) is 2.05. The number of rotatable bonds is 3. The predicted molar refractivity (Wildman–Crippen MR) is 61.0 cm³/mol. The Hall–Kier alpha value is -2.27. The van der Waals surface area contributed by atoms with E-state index >= 15 is 0 Å². The highest BCUT2D eigenvalue weighted by atomic mass is 16.3. The van der Waals surface area contributed by atoms with Crippen LogP contribution in [-0.2, 0) is 0 Å². The van der Waals surface area contributed by atoms with Gasteiger partial charge >= 0.3 is 0 Å². The molecule has 0 aliphatic rings. The molecule has 0 aliphatic heterocycles. The Bertz CT molecular complexity index is 446. The number of hydrogen-bond donors (Lipinski definition) is 1. The van der Waals surface area contributed by atoms with Crippen LogP contribution in [0.3, 0.4) is 0 Å². The number of nitrogens with zero attached hydrogens (tertiary/aromatic N) is 1. The van der Waals surface area contributed by atoms with E-state index in [1.807, 2.05) is 6.07 Å². The second-order valence-electron chi connectivity index (χ2n) is 3.04. The van der Waals surface area contributed by atoms with E-state index < -0.39 is 0 Å². The van der Waals surface area contributed by atoms with Crippen LogP contribution < -0.4 is 0 Å².